The number of benzene rings is 1. The summed E-state index contributed by atoms with van der Waals surface area (Å²) < 4.78 is 9.90. The molecule has 0 saturated heterocycles. The minimum atomic E-state index is -0.524. The van der Waals surface area contributed by atoms with E-state index in [0.717, 1.165) is 11.1 Å². The average molecular weight is 276 g/mol. The molecule has 0 N–H and O–H groups in total. The van der Waals surface area contributed by atoms with Gasteiger partial charge >= 0.3 is 5.97 Å². The fourth-order valence-corrected chi connectivity index (χ4v) is 1.57. The van der Waals surface area contributed by atoms with Crippen molar-refractivity contribution in [2.24, 2.45) is 0 Å². The first-order valence-corrected chi connectivity index (χ1v) is 6.63. The maximum absolute atomic E-state index is 11.6. The van der Waals surface area contributed by atoms with E-state index in [1.165, 1.54) is 6.08 Å². The van der Waals surface area contributed by atoms with E-state index >= 15 is 0 Å². The Bertz CT molecular complexity index is 477. The smallest absolute Gasteiger partial charge is 0.313 e. The molecule has 0 saturated carbocycles. The Kier molecular flexibility index (Phi) is 7.29. The van der Waals surface area contributed by atoms with Crippen molar-refractivity contribution < 1.29 is 19.1 Å². The molecular formula is C16H20O4. The van der Waals surface area contributed by atoms with Crippen molar-refractivity contribution >= 4 is 17.8 Å². The Morgan fingerprint density at radius 1 is 1.20 bits per heavy atom. The summed E-state index contributed by atoms with van der Waals surface area (Å²) in [6, 6.07) is 7.72. The van der Waals surface area contributed by atoms with E-state index in [0.29, 0.717) is 13.2 Å². The van der Waals surface area contributed by atoms with E-state index in [1.54, 1.807) is 6.08 Å². The zero-order valence-corrected chi connectivity index (χ0v) is 11.9. The number of allylic oxidation sites excluding steroid dienone is 1. The summed E-state index contributed by atoms with van der Waals surface area (Å²) in [5.41, 5.74) is 2.04. The fraction of sp³-hybridized carbons (Fsp3) is 0.375. The van der Waals surface area contributed by atoms with Gasteiger partial charge in [0.2, 0.25) is 0 Å². The van der Waals surface area contributed by atoms with Crippen LogP contribution in [0.1, 0.15) is 24.5 Å². The summed E-state index contributed by atoms with van der Waals surface area (Å²) in [6.07, 6.45) is 2.88. The predicted octanol–water partition coefficient (Wildman–Crippen LogP) is 2.55. The van der Waals surface area contributed by atoms with Crippen LogP contribution in [-0.2, 0) is 19.1 Å². The molecule has 0 aliphatic heterocycles. The third kappa shape index (κ3) is 6.29. The molecule has 4 nitrogen and oxygen atoms in total. The van der Waals surface area contributed by atoms with E-state index in [9.17, 15) is 9.59 Å². The van der Waals surface area contributed by atoms with Gasteiger partial charge in [-0.3, -0.25) is 9.59 Å². The molecule has 1 aromatic rings. The minimum absolute atomic E-state index is 0.182. The highest BCUT2D eigenvalue weighted by Gasteiger charge is 2.07. The maximum atomic E-state index is 11.6. The van der Waals surface area contributed by atoms with E-state index in [4.69, 9.17) is 9.47 Å². The predicted molar refractivity (Wildman–Crippen MR) is 77.3 cm³/mol. The second-order valence-electron chi connectivity index (χ2n) is 4.25. The SMILES string of the molecule is CCOCCOC(=O)CC(=O)C=Cc1ccccc1C. The highest BCUT2D eigenvalue weighted by molar-refractivity contribution is 6.04. The number of hydrogen-bond donors (Lipinski definition) is 0. The Morgan fingerprint density at radius 3 is 2.65 bits per heavy atom. The van der Waals surface area contributed by atoms with Crippen LogP contribution in [0.15, 0.2) is 30.3 Å². The lowest BCUT2D eigenvalue weighted by Gasteiger charge is -2.03. The molecule has 0 aliphatic carbocycles. The quantitative estimate of drug-likeness (QED) is 0.317. The zero-order valence-electron chi connectivity index (χ0n) is 11.9. The molecule has 0 heterocycles. The third-order valence-electron chi connectivity index (χ3n) is 2.65. The number of esters is 1. The molecule has 4 heteroatoms. The molecule has 0 unspecified atom stereocenters. The lowest BCUT2D eigenvalue weighted by molar-refractivity contribution is -0.146. The molecule has 0 amide bonds. The van der Waals surface area contributed by atoms with Gasteiger partial charge in [0.25, 0.3) is 0 Å². The molecule has 0 spiro atoms. The Hall–Kier alpha value is -1.94. The van der Waals surface area contributed by atoms with E-state index in [2.05, 4.69) is 0 Å². The van der Waals surface area contributed by atoms with Gasteiger partial charge in [0.05, 0.1) is 6.61 Å². The third-order valence-corrected chi connectivity index (χ3v) is 2.65. The lowest BCUT2D eigenvalue weighted by atomic mass is 10.1. The first kappa shape index (κ1) is 16.1. The van der Waals surface area contributed by atoms with Gasteiger partial charge in [-0.15, -0.1) is 0 Å². The largest absolute Gasteiger partial charge is 0.463 e. The number of ketones is 1. The normalized spacial score (nSPS) is 10.7. The number of ether oxygens (including phenoxy) is 2. The molecule has 0 radical (unpaired) electrons. The molecule has 0 atom stereocenters. The Balaban J connectivity index is 2.36. The van der Waals surface area contributed by atoms with Crippen molar-refractivity contribution in [3.63, 3.8) is 0 Å². The topological polar surface area (TPSA) is 52.6 Å². The van der Waals surface area contributed by atoms with Crippen molar-refractivity contribution in [1.82, 2.24) is 0 Å². The molecule has 0 aliphatic rings. The highest BCUT2D eigenvalue weighted by Crippen LogP contribution is 2.09. The van der Waals surface area contributed by atoms with Crippen LogP contribution in [-0.4, -0.2) is 31.6 Å². The van der Waals surface area contributed by atoms with Crippen LogP contribution in [0.3, 0.4) is 0 Å². The van der Waals surface area contributed by atoms with Crippen molar-refractivity contribution in [2.75, 3.05) is 19.8 Å². The van der Waals surface area contributed by atoms with Gasteiger partial charge in [-0.2, -0.15) is 0 Å². The molecule has 108 valence electrons. The van der Waals surface area contributed by atoms with Gasteiger partial charge in [-0.05, 0) is 31.1 Å². The van der Waals surface area contributed by atoms with Crippen LogP contribution >= 0.6 is 0 Å². The molecular weight excluding hydrogens is 256 g/mol. The number of carbonyl (C=O) groups excluding carboxylic acids is 2. The van der Waals surface area contributed by atoms with Gasteiger partial charge < -0.3 is 9.47 Å². The first-order chi connectivity index (χ1) is 9.63. The Labute approximate surface area is 119 Å². The second kappa shape index (κ2) is 9.04. The summed E-state index contributed by atoms with van der Waals surface area (Å²) in [5, 5.41) is 0. The van der Waals surface area contributed by atoms with Crippen LogP contribution in [0.5, 0.6) is 0 Å². The van der Waals surface area contributed by atoms with Crippen LogP contribution in [0.4, 0.5) is 0 Å². The summed E-state index contributed by atoms with van der Waals surface area (Å²) >= 11 is 0. The fourth-order valence-electron chi connectivity index (χ4n) is 1.57. The molecule has 1 aromatic carbocycles. The van der Waals surface area contributed by atoms with Crippen molar-refractivity contribution in [1.29, 1.82) is 0 Å². The van der Waals surface area contributed by atoms with Crippen LogP contribution in [0, 0.1) is 6.92 Å². The van der Waals surface area contributed by atoms with Gasteiger partial charge in [-0.1, -0.05) is 30.3 Å². The summed E-state index contributed by atoms with van der Waals surface area (Å²) in [5.74, 6) is -0.793. The minimum Gasteiger partial charge on any atom is -0.463 e. The second-order valence-corrected chi connectivity index (χ2v) is 4.25. The van der Waals surface area contributed by atoms with Gasteiger partial charge in [0.15, 0.2) is 5.78 Å². The summed E-state index contributed by atoms with van der Waals surface area (Å²) in [7, 11) is 0. The summed E-state index contributed by atoms with van der Waals surface area (Å²) in [6.45, 7) is 4.94. The van der Waals surface area contributed by atoms with Gasteiger partial charge in [0, 0.05) is 6.61 Å². The van der Waals surface area contributed by atoms with Crippen molar-refractivity contribution in [2.45, 2.75) is 20.3 Å². The molecule has 0 bridgehead atoms. The number of hydrogen-bond acceptors (Lipinski definition) is 4. The number of rotatable bonds is 8. The average Bonchev–Trinajstić information content (AvgIpc) is 2.43. The summed E-state index contributed by atoms with van der Waals surface area (Å²) in [4.78, 5) is 23.0. The maximum Gasteiger partial charge on any atom is 0.313 e. The van der Waals surface area contributed by atoms with E-state index in [1.807, 2.05) is 38.1 Å². The van der Waals surface area contributed by atoms with Crippen LogP contribution in [0.2, 0.25) is 0 Å². The van der Waals surface area contributed by atoms with E-state index in [-0.39, 0.29) is 18.8 Å². The van der Waals surface area contributed by atoms with Crippen LogP contribution in [0.25, 0.3) is 6.08 Å². The monoisotopic (exact) mass is 276 g/mol. The zero-order chi connectivity index (χ0) is 14.8. The molecule has 20 heavy (non-hydrogen) atoms. The molecule has 1 rings (SSSR count). The standard InChI is InChI=1S/C16H20O4/c1-3-19-10-11-20-16(18)12-15(17)9-8-14-7-5-4-6-13(14)2/h4-9H,3,10-12H2,1-2H3. The molecule has 0 fully saturated rings. The van der Waals surface area contributed by atoms with E-state index < -0.39 is 5.97 Å². The van der Waals surface area contributed by atoms with Crippen molar-refractivity contribution in [3.05, 3.63) is 41.5 Å². The first-order valence-electron chi connectivity index (χ1n) is 6.63. The lowest BCUT2D eigenvalue weighted by Crippen LogP contribution is -2.13. The van der Waals surface area contributed by atoms with Gasteiger partial charge in [0.1, 0.15) is 13.0 Å². The highest BCUT2D eigenvalue weighted by atomic mass is 16.6. The van der Waals surface area contributed by atoms with Crippen molar-refractivity contribution in [3.8, 4) is 0 Å². The Morgan fingerprint density at radius 2 is 1.95 bits per heavy atom. The molecule has 0 aromatic heterocycles. The number of carbonyl (C=O) groups is 2. The number of aryl methyl sites for hydroxylation is 1. The van der Waals surface area contributed by atoms with Gasteiger partial charge in [-0.25, -0.2) is 0 Å². The van der Waals surface area contributed by atoms with Crippen LogP contribution < -0.4 is 0 Å².